The standard InChI is InChI=1S/C19H24FN3/c1-14-6-4-5-7-18(14)16-10-15(2)19(20)13-22-12-17(11-16)23-9-8-21-3/h4-7,10-11,13,21,23H,8-9,12H2,1-3H3/b16-10+,17-11+,19-15-,22-13?. The van der Waals surface area contributed by atoms with Crippen LogP contribution < -0.4 is 10.6 Å². The summed E-state index contributed by atoms with van der Waals surface area (Å²) in [6.07, 6.45) is 5.26. The summed E-state index contributed by atoms with van der Waals surface area (Å²) in [6.45, 7) is 5.93. The second-order valence-electron chi connectivity index (χ2n) is 5.62. The van der Waals surface area contributed by atoms with Gasteiger partial charge in [-0.05, 0) is 55.3 Å². The molecule has 4 heteroatoms. The van der Waals surface area contributed by atoms with Gasteiger partial charge < -0.3 is 10.6 Å². The topological polar surface area (TPSA) is 36.4 Å². The third-order valence-electron chi connectivity index (χ3n) is 3.73. The molecule has 0 saturated heterocycles. The van der Waals surface area contributed by atoms with Gasteiger partial charge in [-0.1, -0.05) is 24.3 Å². The molecule has 1 aliphatic heterocycles. The SMILES string of the molecule is CNCCN/C1=C/C(c2ccccc2C)=C\C(C)=C(/F)C=NC1. The van der Waals surface area contributed by atoms with Crippen LogP contribution in [-0.2, 0) is 0 Å². The molecule has 0 unspecified atom stereocenters. The molecule has 0 aliphatic carbocycles. The number of nitrogens with one attached hydrogen (secondary N) is 2. The molecule has 0 saturated carbocycles. The van der Waals surface area contributed by atoms with Crippen molar-refractivity contribution in [1.82, 2.24) is 10.6 Å². The lowest BCUT2D eigenvalue weighted by Crippen LogP contribution is -2.25. The van der Waals surface area contributed by atoms with E-state index in [0.717, 1.165) is 35.5 Å². The minimum absolute atomic E-state index is 0.291. The van der Waals surface area contributed by atoms with E-state index in [1.165, 1.54) is 6.21 Å². The molecule has 1 aromatic rings. The molecule has 23 heavy (non-hydrogen) atoms. The van der Waals surface area contributed by atoms with Gasteiger partial charge in [0.05, 0.1) is 12.8 Å². The highest BCUT2D eigenvalue weighted by molar-refractivity contribution is 5.83. The van der Waals surface area contributed by atoms with Gasteiger partial charge >= 0.3 is 0 Å². The fraction of sp³-hybridized carbons (Fsp3) is 0.316. The molecule has 0 aromatic heterocycles. The van der Waals surface area contributed by atoms with Crippen LogP contribution in [0.15, 0.2) is 58.5 Å². The molecule has 2 rings (SSSR count). The van der Waals surface area contributed by atoms with E-state index < -0.39 is 0 Å². The first-order valence-electron chi connectivity index (χ1n) is 7.84. The zero-order valence-electron chi connectivity index (χ0n) is 14.0. The first-order valence-corrected chi connectivity index (χ1v) is 7.84. The van der Waals surface area contributed by atoms with E-state index in [2.05, 4.69) is 40.8 Å². The maximum Gasteiger partial charge on any atom is 0.143 e. The van der Waals surface area contributed by atoms with Crippen LogP contribution in [0.2, 0.25) is 0 Å². The van der Waals surface area contributed by atoms with Gasteiger partial charge in [0.1, 0.15) is 5.83 Å². The van der Waals surface area contributed by atoms with Crippen LogP contribution in [0.4, 0.5) is 4.39 Å². The first kappa shape index (κ1) is 17.2. The molecule has 0 radical (unpaired) electrons. The lowest BCUT2D eigenvalue weighted by molar-refractivity contribution is 0.676. The van der Waals surface area contributed by atoms with Gasteiger partial charge in [-0.3, -0.25) is 4.99 Å². The number of benzene rings is 1. The van der Waals surface area contributed by atoms with Gasteiger partial charge in [-0.25, -0.2) is 4.39 Å². The van der Waals surface area contributed by atoms with Gasteiger partial charge in [0.15, 0.2) is 0 Å². The monoisotopic (exact) mass is 313 g/mol. The van der Waals surface area contributed by atoms with Crippen molar-refractivity contribution in [3.63, 3.8) is 0 Å². The van der Waals surface area contributed by atoms with Gasteiger partial charge in [-0.2, -0.15) is 0 Å². The third-order valence-corrected chi connectivity index (χ3v) is 3.73. The minimum atomic E-state index is -0.291. The zero-order valence-corrected chi connectivity index (χ0v) is 14.0. The average Bonchev–Trinajstić information content (AvgIpc) is 2.60. The molecule has 2 N–H and O–H groups in total. The lowest BCUT2D eigenvalue weighted by atomic mass is 9.97. The highest BCUT2D eigenvalue weighted by Gasteiger charge is 2.08. The van der Waals surface area contributed by atoms with Crippen molar-refractivity contribution >= 4 is 11.8 Å². The average molecular weight is 313 g/mol. The van der Waals surface area contributed by atoms with Gasteiger partial charge in [-0.15, -0.1) is 0 Å². The Labute approximate surface area is 137 Å². The lowest BCUT2D eigenvalue weighted by Gasteiger charge is -2.12. The van der Waals surface area contributed by atoms with Crippen LogP contribution in [-0.4, -0.2) is 32.9 Å². The number of allylic oxidation sites excluding steroid dienone is 5. The summed E-state index contributed by atoms with van der Waals surface area (Å²) < 4.78 is 14.1. The summed E-state index contributed by atoms with van der Waals surface area (Å²) in [6, 6.07) is 8.14. The van der Waals surface area contributed by atoms with Crippen molar-refractivity contribution in [2.24, 2.45) is 4.99 Å². The molecular formula is C19H24FN3. The second kappa shape index (κ2) is 8.44. The van der Waals surface area contributed by atoms with Crippen LogP contribution in [0.25, 0.3) is 5.57 Å². The Bertz CT molecular complexity index is 669. The van der Waals surface area contributed by atoms with E-state index in [1.807, 2.05) is 25.3 Å². The summed E-state index contributed by atoms with van der Waals surface area (Å²) in [5.41, 5.74) is 4.83. The Morgan fingerprint density at radius 1 is 1.13 bits per heavy atom. The van der Waals surface area contributed by atoms with Gasteiger partial charge in [0.25, 0.3) is 0 Å². The van der Waals surface area contributed by atoms with Crippen LogP contribution in [0.5, 0.6) is 0 Å². The summed E-state index contributed by atoms with van der Waals surface area (Å²) in [7, 11) is 1.92. The Hall–Kier alpha value is -2.20. The summed E-state index contributed by atoms with van der Waals surface area (Å²) in [4.78, 5) is 4.19. The van der Waals surface area contributed by atoms with E-state index >= 15 is 0 Å². The molecule has 0 amide bonds. The number of halogens is 1. The van der Waals surface area contributed by atoms with Crippen LogP contribution in [0, 0.1) is 6.92 Å². The van der Waals surface area contributed by atoms with E-state index in [4.69, 9.17) is 0 Å². The summed E-state index contributed by atoms with van der Waals surface area (Å²) >= 11 is 0. The Kier molecular flexibility index (Phi) is 6.29. The molecule has 0 fully saturated rings. The number of likely N-dealkylation sites (N-methyl/N-ethyl adjacent to an activating group) is 1. The Morgan fingerprint density at radius 3 is 2.65 bits per heavy atom. The maximum atomic E-state index is 14.1. The quantitative estimate of drug-likeness (QED) is 0.818. The van der Waals surface area contributed by atoms with Crippen LogP contribution in [0.3, 0.4) is 0 Å². The van der Waals surface area contributed by atoms with Crippen molar-refractivity contribution in [3.05, 3.63) is 64.6 Å². The smallest absolute Gasteiger partial charge is 0.143 e. The highest BCUT2D eigenvalue weighted by Crippen LogP contribution is 2.24. The van der Waals surface area contributed by atoms with Crippen molar-refractivity contribution < 1.29 is 4.39 Å². The van der Waals surface area contributed by atoms with Crippen molar-refractivity contribution in [3.8, 4) is 0 Å². The second-order valence-corrected chi connectivity index (χ2v) is 5.62. The minimum Gasteiger partial charge on any atom is -0.386 e. The summed E-state index contributed by atoms with van der Waals surface area (Å²) in [5.74, 6) is -0.291. The number of aliphatic imine (C=N–C) groups is 1. The number of nitrogens with zero attached hydrogens (tertiary/aromatic N) is 1. The van der Waals surface area contributed by atoms with E-state index in [9.17, 15) is 4.39 Å². The maximum absolute atomic E-state index is 14.1. The first-order chi connectivity index (χ1) is 11.1. The van der Waals surface area contributed by atoms with Crippen molar-refractivity contribution in [2.75, 3.05) is 26.7 Å². The molecule has 3 nitrogen and oxygen atoms in total. The Balaban J connectivity index is 2.42. The van der Waals surface area contributed by atoms with Gasteiger partial charge in [0, 0.05) is 18.8 Å². The van der Waals surface area contributed by atoms with Crippen molar-refractivity contribution in [2.45, 2.75) is 13.8 Å². The van der Waals surface area contributed by atoms with E-state index in [0.29, 0.717) is 12.1 Å². The number of hydrogen-bond donors (Lipinski definition) is 2. The zero-order chi connectivity index (χ0) is 16.7. The fourth-order valence-corrected chi connectivity index (χ4v) is 2.41. The molecule has 1 heterocycles. The third kappa shape index (κ3) is 4.89. The fourth-order valence-electron chi connectivity index (χ4n) is 2.41. The van der Waals surface area contributed by atoms with Crippen LogP contribution >= 0.6 is 0 Å². The number of aryl methyl sites for hydroxylation is 1. The number of hydrogen-bond acceptors (Lipinski definition) is 3. The molecule has 1 aromatic carbocycles. The molecular weight excluding hydrogens is 289 g/mol. The molecule has 0 spiro atoms. The van der Waals surface area contributed by atoms with Crippen LogP contribution in [0.1, 0.15) is 18.1 Å². The molecule has 122 valence electrons. The van der Waals surface area contributed by atoms with E-state index in [-0.39, 0.29) is 5.83 Å². The largest absolute Gasteiger partial charge is 0.386 e. The summed E-state index contributed by atoms with van der Waals surface area (Å²) in [5, 5.41) is 6.47. The normalized spacial score (nSPS) is 23.1. The number of rotatable bonds is 5. The Morgan fingerprint density at radius 2 is 1.91 bits per heavy atom. The van der Waals surface area contributed by atoms with Gasteiger partial charge in [0.2, 0.25) is 0 Å². The molecule has 0 atom stereocenters. The highest BCUT2D eigenvalue weighted by atomic mass is 19.1. The molecule has 0 bridgehead atoms. The molecule has 1 aliphatic rings. The predicted molar refractivity (Wildman–Crippen MR) is 96.3 cm³/mol. The predicted octanol–water partition coefficient (Wildman–Crippen LogP) is 3.40. The van der Waals surface area contributed by atoms with Crippen molar-refractivity contribution in [1.29, 1.82) is 0 Å². The van der Waals surface area contributed by atoms with E-state index in [1.54, 1.807) is 6.92 Å².